The molecule has 2 aromatic carbocycles. The highest BCUT2D eigenvalue weighted by atomic mass is 35.5. The highest BCUT2D eigenvalue weighted by Gasteiger charge is 2.36. The molecule has 2 amide bonds. The van der Waals surface area contributed by atoms with Crippen molar-refractivity contribution in [2.24, 2.45) is 0 Å². The van der Waals surface area contributed by atoms with Crippen molar-refractivity contribution >= 4 is 46.5 Å². The van der Waals surface area contributed by atoms with E-state index in [0.717, 1.165) is 0 Å². The second-order valence-electron chi connectivity index (χ2n) is 8.51. The van der Waals surface area contributed by atoms with Gasteiger partial charge in [0.05, 0.1) is 16.3 Å². The monoisotopic (exact) mass is 530 g/mol. The molecule has 37 heavy (non-hydrogen) atoms. The van der Waals surface area contributed by atoms with Gasteiger partial charge in [-0.3, -0.25) is 24.4 Å². The molecule has 9 heteroatoms. The van der Waals surface area contributed by atoms with Gasteiger partial charge < -0.3 is 10.2 Å². The van der Waals surface area contributed by atoms with Gasteiger partial charge in [-0.2, -0.15) is 0 Å². The molecule has 1 unspecified atom stereocenters. The van der Waals surface area contributed by atoms with Crippen LogP contribution in [0.3, 0.4) is 0 Å². The van der Waals surface area contributed by atoms with E-state index < -0.39 is 6.04 Å². The van der Waals surface area contributed by atoms with Crippen molar-refractivity contribution in [3.63, 3.8) is 0 Å². The lowest BCUT2D eigenvalue weighted by molar-refractivity contribution is -0.120. The number of carbonyl (C=O) groups excluding carboxylic acids is 3. The zero-order valence-corrected chi connectivity index (χ0v) is 20.9. The predicted octanol–water partition coefficient (Wildman–Crippen LogP) is 5.22. The number of rotatable bonds is 6. The maximum absolute atomic E-state index is 13.7. The van der Waals surface area contributed by atoms with Crippen LogP contribution in [0.2, 0.25) is 10.0 Å². The molecular weight excluding hydrogens is 511 g/mol. The van der Waals surface area contributed by atoms with Crippen LogP contribution in [0.1, 0.15) is 37.7 Å². The van der Waals surface area contributed by atoms with Gasteiger partial charge in [0.25, 0.3) is 5.91 Å². The number of nitrogens with zero attached hydrogens (tertiary/aromatic N) is 3. The van der Waals surface area contributed by atoms with Crippen molar-refractivity contribution in [2.45, 2.75) is 19.0 Å². The van der Waals surface area contributed by atoms with Gasteiger partial charge >= 0.3 is 0 Å². The molecule has 2 aromatic heterocycles. The summed E-state index contributed by atoms with van der Waals surface area (Å²) in [6.45, 7) is 0.0869. The molecule has 4 aromatic rings. The topological polar surface area (TPSA) is 92.3 Å². The van der Waals surface area contributed by atoms with Gasteiger partial charge in [-0.1, -0.05) is 41.4 Å². The molecule has 5 rings (SSSR count). The summed E-state index contributed by atoms with van der Waals surface area (Å²) in [7, 11) is 0. The number of benzene rings is 2. The Morgan fingerprint density at radius 1 is 0.919 bits per heavy atom. The third kappa shape index (κ3) is 5.23. The summed E-state index contributed by atoms with van der Waals surface area (Å²) >= 11 is 12.6. The third-order valence-electron chi connectivity index (χ3n) is 6.07. The number of amides is 2. The van der Waals surface area contributed by atoms with E-state index in [0.29, 0.717) is 33.1 Å². The van der Waals surface area contributed by atoms with E-state index in [-0.39, 0.29) is 41.3 Å². The van der Waals surface area contributed by atoms with Crippen LogP contribution in [0.25, 0.3) is 0 Å². The van der Waals surface area contributed by atoms with Gasteiger partial charge in [0, 0.05) is 41.6 Å². The Balaban J connectivity index is 1.49. The van der Waals surface area contributed by atoms with Gasteiger partial charge in [0.15, 0.2) is 0 Å². The Morgan fingerprint density at radius 2 is 1.70 bits per heavy atom. The molecule has 1 aliphatic rings. The fraction of sp³-hybridized carbons (Fsp3) is 0.107. The maximum atomic E-state index is 13.7. The van der Waals surface area contributed by atoms with Crippen LogP contribution in [-0.4, -0.2) is 38.5 Å². The number of fused-ring (bicyclic) bond motifs is 1. The van der Waals surface area contributed by atoms with Gasteiger partial charge in [0.2, 0.25) is 11.7 Å². The van der Waals surface area contributed by atoms with E-state index >= 15 is 0 Å². The Labute approximate surface area is 223 Å². The molecule has 0 bridgehead atoms. The van der Waals surface area contributed by atoms with E-state index in [9.17, 15) is 14.4 Å². The van der Waals surface area contributed by atoms with Gasteiger partial charge in [0.1, 0.15) is 11.7 Å². The van der Waals surface area contributed by atoms with Crippen molar-refractivity contribution < 1.29 is 14.4 Å². The number of anilines is 1. The number of hydrogen-bond donors (Lipinski definition) is 1. The predicted molar refractivity (Wildman–Crippen MR) is 141 cm³/mol. The number of nitrogens with one attached hydrogen (secondary N) is 1. The number of hydrogen-bond acceptors (Lipinski definition) is 5. The van der Waals surface area contributed by atoms with E-state index in [4.69, 9.17) is 23.2 Å². The van der Waals surface area contributed by atoms with Crippen LogP contribution in [0.15, 0.2) is 85.2 Å². The van der Waals surface area contributed by atoms with Crippen LogP contribution >= 0.6 is 23.2 Å². The standard InChI is InChI=1S/C28H20Cl2N4O3/c29-18-8-10-21-24(14-18)33-27(36)25(15-19-5-1-3-11-31-19)34(28(21)37)16-17-7-9-20(22(30)13-17)26(35)23-6-2-4-12-32-23/h1-14,25H,15-16H2,(H,33,36). The summed E-state index contributed by atoms with van der Waals surface area (Å²) in [5, 5.41) is 3.48. The smallest absolute Gasteiger partial charge is 0.256 e. The molecule has 1 aliphatic heterocycles. The second kappa shape index (κ2) is 10.5. The van der Waals surface area contributed by atoms with Crippen molar-refractivity contribution in [3.8, 4) is 0 Å². The molecule has 0 radical (unpaired) electrons. The summed E-state index contributed by atoms with van der Waals surface area (Å²) < 4.78 is 0. The maximum Gasteiger partial charge on any atom is 0.256 e. The molecule has 1 atom stereocenters. The zero-order chi connectivity index (χ0) is 25.9. The highest BCUT2D eigenvalue weighted by molar-refractivity contribution is 6.35. The fourth-order valence-corrected chi connectivity index (χ4v) is 4.70. The molecule has 0 saturated carbocycles. The molecule has 0 aliphatic carbocycles. The van der Waals surface area contributed by atoms with Gasteiger partial charge in [-0.25, -0.2) is 0 Å². The molecule has 184 valence electrons. The van der Waals surface area contributed by atoms with Crippen molar-refractivity contribution in [1.82, 2.24) is 14.9 Å². The first-order valence-electron chi connectivity index (χ1n) is 11.5. The molecule has 3 heterocycles. The molecule has 0 spiro atoms. The molecular formula is C28H20Cl2N4O3. The number of halogens is 2. The first-order chi connectivity index (χ1) is 17.9. The SMILES string of the molecule is O=C(c1ccccn1)c1ccc(CN2C(=O)c3ccc(Cl)cc3NC(=O)C2Cc2ccccn2)cc1Cl. The average molecular weight is 531 g/mol. The summed E-state index contributed by atoms with van der Waals surface area (Å²) in [4.78, 5) is 49.8. The zero-order valence-electron chi connectivity index (χ0n) is 19.4. The Kier molecular flexibility index (Phi) is 6.99. The quantitative estimate of drug-likeness (QED) is 0.345. The minimum absolute atomic E-state index is 0.0869. The number of carbonyl (C=O) groups is 3. The third-order valence-corrected chi connectivity index (χ3v) is 6.61. The largest absolute Gasteiger partial charge is 0.323 e. The first-order valence-corrected chi connectivity index (χ1v) is 12.2. The van der Waals surface area contributed by atoms with E-state index in [1.165, 1.54) is 11.1 Å². The molecule has 7 nitrogen and oxygen atoms in total. The molecule has 1 N–H and O–H groups in total. The van der Waals surface area contributed by atoms with Crippen LogP contribution in [0.5, 0.6) is 0 Å². The Bertz CT molecular complexity index is 1500. The normalized spacial score (nSPS) is 15.1. The Hall–Kier alpha value is -4.07. The number of pyridine rings is 2. The van der Waals surface area contributed by atoms with Gasteiger partial charge in [-0.05, 0) is 60.2 Å². The summed E-state index contributed by atoms with van der Waals surface area (Å²) in [5.74, 6) is -0.995. The summed E-state index contributed by atoms with van der Waals surface area (Å²) in [5.41, 5.74) is 2.59. The highest BCUT2D eigenvalue weighted by Crippen LogP contribution is 2.29. The summed E-state index contributed by atoms with van der Waals surface area (Å²) in [6.07, 6.45) is 3.39. The first kappa shape index (κ1) is 24.6. The van der Waals surface area contributed by atoms with E-state index in [1.807, 2.05) is 6.07 Å². The van der Waals surface area contributed by atoms with Crippen LogP contribution in [0, 0.1) is 0 Å². The fourth-order valence-electron chi connectivity index (χ4n) is 4.23. The van der Waals surface area contributed by atoms with E-state index in [2.05, 4.69) is 15.3 Å². The lowest BCUT2D eigenvalue weighted by atomic mass is 10.0. The van der Waals surface area contributed by atoms with Crippen molar-refractivity contribution in [1.29, 1.82) is 0 Å². The van der Waals surface area contributed by atoms with Crippen molar-refractivity contribution in [3.05, 3.63) is 123 Å². The van der Waals surface area contributed by atoms with Crippen molar-refractivity contribution in [2.75, 3.05) is 5.32 Å². The second-order valence-corrected chi connectivity index (χ2v) is 9.36. The number of ketones is 1. The lowest BCUT2D eigenvalue weighted by Gasteiger charge is -2.29. The lowest BCUT2D eigenvalue weighted by Crippen LogP contribution is -2.46. The van der Waals surface area contributed by atoms with Crippen LogP contribution in [-0.2, 0) is 17.8 Å². The van der Waals surface area contributed by atoms with Crippen LogP contribution < -0.4 is 5.32 Å². The minimum Gasteiger partial charge on any atom is -0.323 e. The minimum atomic E-state index is -0.845. The van der Waals surface area contributed by atoms with Crippen LogP contribution in [0.4, 0.5) is 5.69 Å². The molecule has 0 fully saturated rings. The Morgan fingerprint density at radius 3 is 2.41 bits per heavy atom. The number of aromatic nitrogens is 2. The molecule has 0 saturated heterocycles. The van der Waals surface area contributed by atoms with Gasteiger partial charge in [-0.15, -0.1) is 0 Å². The van der Waals surface area contributed by atoms with E-state index in [1.54, 1.807) is 72.9 Å². The average Bonchev–Trinajstić information content (AvgIpc) is 2.99. The summed E-state index contributed by atoms with van der Waals surface area (Å²) in [6, 6.07) is 19.4.